The Kier molecular flexibility index (Phi) is 7.62. The first-order valence-electron chi connectivity index (χ1n) is 8.66. The van der Waals surface area contributed by atoms with Crippen molar-refractivity contribution in [3.8, 4) is 0 Å². The van der Waals surface area contributed by atoms with Gasteiger partial charge in [0.15, 0.2) is 5.96 Å². The second-order valence-corrected chi connectivity index (χ2v) is 6.38. The minimum atomic E-state index is 0. The fourth-order valence-electron chi connectivity index (χ4n) is 2.94. The second-order valence-electron chi connectivity index (χ2n) is 6.38. The van der Waals surface area contributed by atoms with Crippen LogP contribution in [-0.4, -0.2) is 43.6 Å². The van der Waals surface area contributed by atoms with Crippen molar-refractivity contribution in [3.05, 3.63) is 35.4 Å². The summed E-state index contributed by atoms with van der Waals surface area (Å²) in [7, 11) is 0. The number of hydrogen-bond donors (Lipinski definition) is 2. The lowest BCUT2D eigenvalue weighted by atomic mass is 10.00. The summed E-state index contributed by atoms with van der Waals surface area (Å²) >= 11 is 0. The van der Waals surface area contributed by atoms with Crippen LogP contribution < -0.4 is 10.6 Å². The van der Waals surface area contributed by atoms with E-state index in [9.17, 15) is 0 Å². The van der Waals surface area contributed by atoms with E-state index in [0.29, 0.717) is 0 Å². The molecule has 1 aliphatic carbocycles. The van der Waals surface area contributed by atoms with E-state index in [0.717, 1.165) is 51.1 Å². The third-order valence-electron chi connectivity index (χ3n) is 4.48. The van der Waals surface area contributed by atoms with E-state index in [1.54, 1.807) is 0 Å². The summed E-state index contributed by atoms with van der Waals surface area (Å²) in [4.78, 5) is 7.20. The zero-order chi connectivity index (χ0) is 15.2. The topological polar surface area (TPSA) is 39.7 Å². The zero-order valence-electron chi connectivity index (χ0n) is 14.1. The third kappa shape index (κ3) is 5.95. The van der Waals surface area contributed by atoms with Gasteiger partial charge in [0, 0.05) is 39.3 Å². The van der Waals surface area contributed by atoms with Gasteiger partial charge in [-0.2, -0.15) is 0 Å². The Morgan fingerprint density at radius 2 is 2.00 bits per heavy atom. The van der Waals surface area contributed by atoms with Crippen LogP contribution in [0.2, 0.25) is 0 Å². The Bertz CT molecular complexity index is 513. The van der Waals surface area contributed by atoms with Crippen LogP contribution in [0.1, 0.15) is 30.9 Å². The molecular weight excluding hydrogens is 399 g/mol. The number of halogens is 1. The fourth-order valence-corrected chi connectivity index (χ4v) is 2.94. The van der Waals surface area contributed by atoms with Crippen molar-refractivity contribution in [2.45, 2.75) is 32.7 Å². The van der Waals surface area contributed by atoms with Crippen LogP contribution in [-0.2, 0) is 13.0 Å². The molecule has 2 aliphatic rings. The fraction of sp³-hybridized carbons (Fsp3) is 0.611. The first kappa shape index (κ1) is 18.5. The number of guanidine groups is 1. The normalized spacial score (nSPS) is 18.0. The molecule has 23 heavy (non-hydrogen) atoms. The van der Waals surface area contributed by atoms with Crippen molar-refractivity contribution in [3.63, 3.8) is 0 Å². The average molecular weight is 428 g/mol. The van der Waals surface area contributed by atoms with E-state index in [4.69, 9.17) is 0 Å². The highest BCUT2D eigenvalue weighted by molar-refractivity contribution is 14.0. The Labute approximate surface area is 157 Å². The largest absolute Gasteiger partial charge is 0.357 e. The molecule has 2 N–H and O–H groups in total. The maximum Gasteiger partial charge on any atom is 0.191 e. The standard InChI is InChI=1S/C18H28N4.HI/c1-2-19-18(21-13-15-7-8-15)20-10-12-22-11-9-16-5-3-4-6-17(16)14-22;/h3-6,15H,2,7-14H2,1H3,(H2,19,20,21);1H. The molecule has 4 nitrogen and oxygen atoms in total. The molecular formula is C18H29IN4. The maximum atomic E-state index is 4.67. The molecule has 1 saturated carbocycles. The predicted molar refractivity (Wildman–Crippen MR) is 108 cm³/mol. The predicted octanol–water partition coefficient (Wildman–Crippen LogP) is 2.63. The molecule has 0 saturated heterocycles. The van der Waals surface area contributed by atoms with Gasteiger partial charge in [-0.25, -0.2) is 0 Å². The quantitative estimate of drug-likeness (QED) is 0.416. The lowest BCUT2D eigenvalue weighted by Gasteiger charge is -2.28. The molecule has 1 aliphatic heterocycles. The molecule has 0 radical (unpaired) electrons. The summed E-state index contributed by atoms with van der Waals surface area (Å²) in [5.74, 6) is 1.82. The molecule has 0 amide bonds. The van der Waals surface area contributed by atoms with Gasteiger partial charge < -0.3 is 10.6 Å². The van der Waals surface area contributed by atoms with Gasteiger partial charge >= 0.3 is 0 Å². The minimum absolute atomic E-state index is 0. The molecule has 1 aromatic carbocycles. The van der Waals surface area contributed by atoms with Gasteiger partial charge in [0.05, 0.1) is 0 Å². The van der Waals surface area contributed by atoms with E-state index in [1.807, 2.05) is 0 Å². The summed E-state index contributed by atoms with van der Waals surface area (Å²) in [6, 6.07) is 8.82. The zero-order valence-corrected chi connectivity index (χ0v) is 16.4. The van der Waals surface area contributed by atoms with Crippen LogP contribution >= 0.6 is 24.0 Å². The van der Waals surface area contributed by atoms with E-state index < -0.39 is 0 Å². The molecule has 0 unspecified atom stereocenters. The molecule has 0 spiro atoms. The molecule has 0 bridgehead atoms. The van der Waals surface area contributed by atoms with Gasteiger partial charge in [-0.3, -0.25) is 9.89 Å². The van der Waals surface area contributed by atoms with Crippen molar-refractivity contribution in [2.75, 3.05) is 32.7 Å². The van der Waals surface area contributed by atoms with Crippen LogP contribution in [0.5, 0.6) is 0 Å². The van der Waals surface area contributed by atoms with Crippen molar-refractivity contribution in [1.82, 2.24) is 15.5 Å². The summed E-state index contributed by atoms with van der Waals surface area (Å²) < 4.78 is 0. The van der Waals surface area contributed by atoms with Gasteiger partial charge in [0.25, 0.3) is 0 Å². The SMILES string of the molecule is CCNC(=NCC1CC1)NCCN1CCc2ccccc2C1.I. The molecule has 1 fully saturated rings. The van der Waals surface area contributed by atoms with Gasteiger partial charge in [-0.05, 0) is 43.2 Å². The lowest BCUT2D eigenvalue weighted by molar-refractivity contribution is 0.258. The maximum absolute atomic E-state index is 4.67. The van der Waals surface area contributed by atoms with Crippen molar-refractivity contribution < 1.29 is 0 Å². The first-order chi connectivity index (χ1) is 10.8. The number of nitrogens with one attached hydrogen (secondary N) is 2. The van der Waals surface area contributed by atoms with Crippen molar-refractivity contribution in [2.24, 2.45) is 10.9 Å². The minimum Gasteiger partial charge on any atom is -0.357 e. The number of nitrogens with zero attached hydrogens (tertiary/aromatic N) is 2. The molecule has 0 aromatic heterocycles. The van der Waals surface area contributed by atoms with E-state index in [2.05, 4.69) is 51.7 Å². The summed E-state index contributed by atoms with van der Waals surface area (Å²) in [6.07, 6.45) is 3.89. The lowest BCUT2D eigenvalue weighted by Crippen LogP contribution is -2.42. The van der Waals surface area contributed by atoms with Crippen molar-refractivity contribution >= 4 is 29.9 Å². The first-order valence-corrected chi connectivity index (χ1v) is 8.66. The highest BCUT2D eigenvalue weighted by Crippen LogP contribution is 2.28. The van der Waals surface area contributed by atoms with Crippen LogP contribution in [0.3, 0.4) is 0 Å². The van der Waals surface area contributed by atoms with E-state index >= 15 is 0 Å². The highest BCUT2D eigenvalue weighted by atomic mass is 127. The van der Waals surface area contributed by atoms with Crippen molar-refractivity contribution in [1.29, 1.82) is 0 Å². The van der Waals surface area contributed by atoms with Gasteiger partial charge in [-0.15, -0.1) is 24.0 Å². The number of hydrogen-bond acceptors (Lipinski definition) is 2. The Morgan fingerprint density at radius 1 is 1.22 bits per heavy atom. The summed E-state index contributed by atoms with van der Waals surface area (Å²) in [5, 5.41) is 6.81. The average Bonchev–Trinajstić information content (AvgIpc) is 3.37. The molecule has 1 heterocycles. The van der Waals surface area contributed by atoms with Gasteiger partial charge in [0.2, 0.25) is 0 Å². The van der Waals surface area contributed by atoms with Crippen LogP contribution in [0, 0.1) is 5.92 Å². The Balaban J connectivity index is 0.00000192. The summed E-state index contributed by atoms with van der Waals surface area (Å²) in [5.41, 5.74) is 3.01. The number of benzene rings is 1. The van der Waals surface area contributed by atoms with Crippen LogP contribution in [0.4, 0.5) is 0 Å². The van der Waals surface area contributed by atoms with Crippen LogP contribution in [0.25, 0.3) is 0 Å². The highest BCUT2D eigenvalue weighted by Gasteiger charge is 2.20. The number of fused-ring (bicyclic) bond motifs is 1. The smallest absolute Gasteiger partial charge is 0.191 e. The molecule has 3 rings (SSSR count). The van der Waals surface area contributed by atoms with Gasteiger partial charge in [0.1, 0.15) is 0 Å². The van der Waals surface area contributed by atoms with Gasteiger partial charge in [-0.1, -0.05) is 24.3 Å². The van der Waals surface area contributed by atoms with Crippen LogP contribution in [0.15, 0.2) is 29.3 Å². The van der Waals surface area contributed by atoms with E-state index in [1.165, 1.54) is 30.4 Å². The Morgan fingerprint density at radius 3 is 2.74 bits per heavy atom. The second kappa shape index (κ2) is 9.47. The molecule has 128 valence electrons. The number of aliphatic imine (C=N–C) groups is 1. The summed E-state index contributed by atoms with van der Waals surface area (Å²) in [6.45, 7) is 8.29. The molecule has 1 aromatic rings. The Hall–Kier alpha value is -0.820. The number of rotatable bonds is 6. The molecule has 0 atom stereocenters. The monoisotopic (exact) mass is 428 g/mol. The molecule has 5 heteroatoms. The van der Waals surface area contributed by atoms with E-state index in [-0.39, 0.29) is 24.0 Å². The third-order valence-corrected chi connectivity index (χ3v) is 4.48.